The van der Waals surface area contributed by atoms with Gasteiger partial charge in [-0.1, -0.05) is 108 Å². The van der Waals surface area contributed by atoms with E-state index in [0.717, 1.165) is 25.7 Å². The van der Waals surface area contributed by atoms with Gasteiger partial charge in [0.2, 0.25) is 0 Å². The average Bonchev–Trinajstić information content (AvgIpc) is 3.46. The van der Waals surface area contributed by atoms with Gasteiger partial charge >= 0.3 is 5.97 Å². The summed E-state index contributed by atoms with van der Waals surface area (Å²) < 4.78 is 19.6. The van der Waals surface area contributed by atoms with E-state index >= 15 is 0 Å². The maximum absolute atomic E-state index is 12.0. The predicted molar refractivity (Wildman–Crippen MR) is 203 cm³/mol. The first-order valence-electron chi connectivity index (χ1n) is 19.5. The molecule has 9 unspecified atom stereocenters. The number of hydrogen-bond donors (Lipinski definition) is 0. The summed E-state index contributed by atoms with van der Waals surface area (Å²) in [6, 6.07) is 22.3. The monoisotopic (exact) mass is 684 g/mol. The van der Waals surface area contributed by atoms with Gasteiger partial charge in [-0.3, -0.25) is 4.79 Å². The Morgan fingerprint density at radius 2 is 1.53 bits per heavy atom. The molecular weight excluding hydrogens is 621 g/mol. The number of fused-ring (bicyclic) bond motifs is 5. The molecule has 2 aromatic carbocycles. The minimum Gasteiger partial charge on any atom is -0.469 e. The van der Waals surface area contributed by atoms with Crippen LogP contribution in [-0.4, -0.2) is 40.2 Å². The molecule has 4 nitrogen and oxygen atoms in total. The average molecular weight is 685 g/mol. The first-order chi connectivity index (χ1) is 23.4. The van der Waals surface area contributed by atoms with Crippen molar-refractivity contribution in [3.63, 3.8) is 0 Å². The molecule has 0 spiro atoms. The van der Waals surface area contributed by atoms with Crippen LogP contribution in [0.15, 0.2) is 73.3 Å². The molecule has 0 N–H and O–H groups in total. The lowest BCUT2D eigenvalue weighted by Gasteiger charge is -2.63. The molecule has 4 saturated carbocycles. The molecule has 5 heteroatoms. The lowest BCUT2D eigenvalue weighted by atomic mass is 9.43. The van der Waals surface area contributed by atoms with E-state index in [1.807, 2.05) is 6.08 Å². The first kappa shape index (κ1) is 36.6. The number of carbonyl (C=O) groups excluding carboxylic acids is 1. The van der Waals surface area contributed by atoms with Gasteiger partial charge in [-0.25, -0.2) is 0 Å². The zero-order valence-electron chi connectivity index (χ0n) is 31.6. The SMILES string of the molecule is C=CCOC1CC2CC(O[Si](c3ccccc3)(c3ccccc3)C(C)(C)C)CCC2(C)C2CCC3(C)C(CCC3[C@H](C)CCC(=O)OC)C12. The number of methoxy groups -OCH3 is 1. The van der Waals surface area contributed by atoms with Crippen LogP contribution in [0.2, 0.25) is 5.04 Å². The Balaban J connectivity index is 1.28. The van der Waals surface area contributed by atoms with Gasteiger partial charge in [0.15, 0.2) is 0 Å². The highest BCUT2D eigenvalue weighted by atomic mass is 28.4. The largest absolute Gasteiger partial charge is 0.469 e. The second kappa shape index (κ2) is 14.4. The quantitative estimate of drug-likeness (QED) is 0.134. The van der Waals surface area contributed by atoms with Crippen LogP contribution in [-0.2, 0) is 18.7 Å². The van der Waals surface area contributed by atoms with E-state index in [-0.39, 0.29) is 23.2 Å². The molecule has 2 aromatic rings. The first-order valence-corrected chi connectivity index (χ1v) is 21.4. The standard InChI is InChI=1S/C44H64O4Si/c1-9-28-47-39-30-32-29-33(48-49(42(3,4)5,34-16-12-10-13-17-34)35-18-14-11-15-19-35)24-26-43(32,6)38-25-27-44(7)36(21-22-37(44)41(38)39)31(2)20-23-40(45)46-8/h9-19,31-33,36-39,41H,1,20-30H2,2-8H3/t31-,32?,33?,36?,37?,38?,39?,41?,43?,44?/m1/s1. The van der Waals surface area contributed by atoms with Gasteiger partial charge < -0.3 is 13.9 Å². The highest BCUT2D eigenvalue weighted by Gasteiger charge is 2.64. The number of hydrogen-bond acceptors (Lipinski definition) is 4. The molecule has 0 saturated heterocycles. The summed E-state index contributed by atoms with van der Waals surface area (Å²) in [6.07, 6.45) is 13.7. The van der Waals surface area contributed by atoms with Crippen molar-refractivity contribution in [3.8, 4) is 0 Å². The highest BCUT2D eigenvalue weighted by molar-refractivity contribution is 6.99. The minimum absolute atomic E-state index is 0.0233. The molecule has 4 aliphatic carbocycles. The third-order valence-electron chi connectivity index (χ3n) is 14.6. The summed E-state index contributed by atoms with van der Waals surface area (Å²) in [4.78, 5) is 12.0. The Morgan fingerprint density at radius 3 is 2.12 bits per heavy atom. The molecule has 0 heterocycles. The lowest BCUT2D eigenvalue weighted by molar-refractivity contribution is -0.184. The van der Waals surface area contributed by atoms with Crippen LogP contribution in [0.25, 0.3) is 0 Å². The summed E-state index contributed by atoms with van der Waals surface area (Å²) in [5, 5.41) is 2.73. The molecule has 0 radical (unpaired) electrons. The van der Waals surface area contributed by atoms with Crippen LogP contribution in [0.3, 0.4) is 0 Å². The van der Waals surface area contributed by atoms with Gasteiger partial charge in [0.25, 0.3) is 8.32 Å². The Bertz CT molecular complexity index is 1380. The fourth-order valence-corrected chi connectivity index (χ4v) is 16.9. The predicted octanol–water partition coefficient (Wildman–Crippen LogP) is 9.36. The molecule has 0 amide bonds. The molecule has 4 fully saturated rings. The van der Waals surface area contributed by atoms with E-state index in [4.69, 9.17) is 13.9 Å². The molecule has 0 bridgehead atoms. The molecule has 268 valence electrons. The minimum atomic E-state index is -2.63. The Morgan fingerprint density at radius 1 is 0.918 bits per heavy atom. The Hall–Kier alpha value is -2.21. The van der Waals surface area contributed by atoms with Crippen molar-refractivity contribution in [2.24, 2.45) is 46.3 Å². The second-order valence-electron chi connectivity index (χ2n) is 17.9. The molecule has 6 rings (SSSR count). The van der Waals surface area contributed by atoms with E-state index in [9.17, 15) is 4.79 Å². The molecular formula is C44H64O4Si. The third kappa shape index (κ3) is 6.55. The number of rotatable bonds is 11. The van der Waals surface area contributed by atoms with Gasteiger partial charge in [-0.15, -0.1) is 6.58 Å². The maximum Gasteiger partial charge on any atom is 0.305 e. The summed E-state index contributed by atoms with van der Waals surface area (Å²) >= 11 is 0. The third-order valence-corrected chi connectivity index (χ3v) is 19.7. The van der Waals surface area contributed by atoms with Crippen molar-refractivity contribution in [1.29, 1.82) is 0 Å². The summed E-state index contributed by atoms with van der Waals surface area (Å²) in [5.41, 5.74) is 0.610. The fourth-order valence-electron chi connectivity index (χ4n) is 12.2. The van der Waals surface area contributed by atoms with Crippen LogP contribution >= 0.6 is 0 Å². The van der Waals surface area contributed by atoms with E-state index in [1.165, 1.54) is 49.6 Å². The Kier molecular flexibility index (Phi) is 10.8. The van der Waals surface area contributed by atoms with Crippen LogP contribution < -0.4 is 10.4 Å². The van der Waals surface area contributed by atoms with Crippen LogP contribution in [0.1, 0.15) is 106 Å². The van der Waals surface area contributed by atoms with E-state index < -0.39 is 8.32 Å². The summed E-state index contributed by atoms with van der Waals surface area (Å²) in [6.45, 7) is 19.6. The zero-order valence-corrected chi connectivity index (χ0v) is 32.6. The van der Waals surface area contributed by atoms with Crippen LogP contribution in [0, 0.1) is 46.3 Å². The maximum atomic E-state index is 12.0. The fraction of sp³-hybridized carbons (Fsp3) is 0.659. The van der Waals surface area contributed by atoms with E-state index in [2.05, 4.69) is 109 Å². The van der Waals surface area contributed by atoms with Crippen molar-refractivity contribution in [1.82, 2.24) is 0 Å². The number of carbonyl (C=O) groups is 1. The molecule has 10 atom stereocenters. The smallest absolute Gasteiger partial charge is 0.305 e. The molecule has 0 aromatic heterocycles. The van der Waals surface area contributed by atoms with Gasteiger partial charge in [0, 0.05) is 12.5 Å². The molecule has 0 aliphatic heterocycles. The topological polar surface area (TPSA) is 44.8 Å². The number of benzene rings is 2. The Labute approximate surface area is 298 Å². The zero-order chi connectivity index (χ0) is 35.0. The van der Waals surface area contributed by atoms with Gasteiger partial charge in [-0.2, -0.15) is 0 Å². The molecule has 4 aliphatic rings. The van der Waals surface area contributed by atoms with E-state index in [1.54, 1.807) is 0 Å². The van der Waals surface area contributed by atoms with Crippen molar-refractivity contribution in [2.45, 2.75) is 123 Å². The van der Waals surface area contributed by atoms with Gasteiger partial charge in [0.05, 0.1) is 19.8 Å². The van der Waals surface area contributed by atoms with Crippen molar-refractivity contribution in [3.05, 3.63) is 73.3 Å². The van der Waals surface area contributed by atoms with Crippen molar-refractivity contribution >= 4 is 24.7 Å². The lowest BCUT2D eigenvalue weighted by Crippen LogP contribution is -2.68. The van der Waals surface area contributed by atoms with Crippen LogP contribution in [0.5, 0.6) is 0 Å². The normalized spacial score (nSPS) is 35.0. The summed E-state index contributed by atoms with van der Waals surface area (Å²) in [5.74, 6) is 3.64. The molecule has 49 heavy (non-hydrogen) atoms. The second-order valence-corrected chi connectivity index (χ2v) is 22.1. The van der Waals surface area contributed by atoms with Crippen molar-refractivity contribution in [2.75, 3.05) is 13.7 Å². The van der Waals surface area contributed by atoms with Gasteiger partial charge in [-0.05, 0) is 120 Å². The highest BCUT2D eigenvalue weighted by Crippen LogP contribution is 2.69. The van der Waals surface area contributed by atoms with Crippen LogP contribution in [0.4, 0.5) is 0 Å². The number of esters is 1. The van der Waals surface area contributed by atoms with Gasteiger partial charge in [0.1, 0.15) is 0 Å². The number of ether oxygens (including phenoxy) is 2. The van der Waals surface area contributed by atoms with Crippen molar-refractivity contribution < 1.29 is 18.7 Å². The van der Waals surface area contributed by atoms with E-state index in [0.29, 0.717) is 59.4 Å². The summed E-state index contributed by atoms with van der Waals surface area (Å²) in [7, 11) is -1.12.